The summed E-state index contributed by atoms with van der Waals surface area (Å²) < 4.78 is 12.2. The molecule has 26 heavy (non-hydrogen) atoms. The van der Waals surface area contributed by atoms with Crippen molar-refractivity contribution in [3.05, 3.63) is 65.5 Å². The molecule has 0 atom stereocenters. The molecule has 0 aliphatic carbocycles. The van der Waals surface area contributed by atoms with Gasteiger partial charge in [0.25, 0.3) is 5.91 Å². The third-order valence-electron chi connectivity index (χ3n) is 4.04. The van der Waals surface area contributed by atoms with Crippen LogP contribution in [0, 0.1) is 13.8 Å². The fourth-order valence-electron chi connectivity index (χ4n) is 2.68. The zero-order chi connectivity index (χ0) is 18.7. The molecular weight excluding hydrogens is 330 g/mol. The van der Waals surface area contributed by atoms with Crippen molar-refractivity contribution in [2.24, 2.45) is 0 Å². The van der Waals surface area contributed by atoms with Gasteiger partial charge >= 0.3 is 0 Å². The van der Waals surface area contributed by atoms with E-state index in [1.165, 1.54) is 0 Å². The van der Waals surface area contributed by atoms with E-state index in [9.17, 15) is 4.79 Å². The van der Waals surface area contributed by atoms with Crippen LogP contribution in [0.3, 0.4) is 0 Å². The number of ether oxygens (including phenoxy) is 2. The maximum atomic E-state index is 12.6. The number of methoxy groups -OCH3 is 2. The number of hydrogen-bond acceptors (Lipinski definition) is 4. The van der Waals surface area contributed by atoms with Crippen molar-refractivity contribution in [3.8, 4) is 17.2 Å². The second-order valence-electron chi connectivity index (χ2n) is 5.94. The van der Waals surface area contributed by atoms with E-state index in [2.05, 4.69) is 10.4 Å². The summed E-state index contributed by atoms with van der Waals surface area (Å²) in [5, 5.41) is 7.30. The molecule has 0 saturated carbocycles. The topological polar surface area (TPSA) is 65.4 Å². The largest absolute Gasteiger partial charge is 0.497 e. The van der Waals surface area contributed by atoms with E-state index in [0.29, 0.717) is 17.1 Å². The van der Waals surface area contributed by atoms with E-state index in [0.717, 1.165) is 22.7 Å². The predicted molar refractivity (Wildman–Crippen MR) is 101 cm³/mol. The van der Waals surface area contributed by atoms with Crippen LogP contribution in [-0.4, -0.2) is 29.9 Å². The van der Waals surface area contributed by atoms with Crippen LogP contribution in [0.15, 0.2) is 48.5 Å². The molecule has 1 heterocycles. The van der Waals surface area contributed by atoms with Crippen LogP contribution in [0.5, 0.6) is 11.5 Å². The molecule has 134 valence electrons. The van der Waals surface area contributed by atoms with Crippen molar-refractivity contribution in [1.82, 2.24) is 9.78 Å². The maximum absolute atomic E-state index is 12.6. The predicted octanol–water partition coefficient (Wildman–Crippen LogP) is 3.76. The third-order valence-corrected chi connectivity index (χ3v) is 4.04. The molecular formula is C20H21N3O3. The number of aromatic nitrogens is 2. The molecule has 0 unspecified atom stereocenters. The molecule has 0 spiro atoms. The number of hydrogen-bond donors (Lipinski definition) is 1. The van der Waals surface area contributed by atoms with Crippen LogP contribution in [-0.2, 0) is 0 Å². The summed E-state index contributed by atoms with van der Waals surface area (Å²) in [4.78, 5) is 12.6. The highest BCUT2D eigenvalue weighted by molar-refractivity contribution is 6.03. The molecule has 0 aliphatic heterocycles. The molecule has 0 aliphatic rings. The van der Waals surface area contributed by atoms with Crippen molar-refractivity contribution in [2.75, 3.05) is 19.5 Å². The maximum Gasteiger partial charge on any atom is 0.276 e. The highest BCUT2D eigenvalue weighted by atomic mass is 16.5. The lowest BCUT2D eigenvalue weighted by molar-refractivity contribution is 0.102. The van der Waals surface area contributed by atoms with E-state index < -0.39 is 0 Å². The Balaban J connectivity index is 1.86. The Morgan fingerprint density at radius 2 is 1.73 bits per heavy atom. The minimum Gasteiger partial charge on any atom is -0.497 e. The average molecular weight is 351 g/mol. The lowest BCUT2D eigenvalue weighted by Crippen LogP contribution is -2.14. The van der Waals surface area contributed by atoms with Crippen LogP contribution < -0.4 is 14.8 Å². The van der Waals surface area contributed by atoms with Crippen molar-refractivity contribution < 1.29 is 14.3 Å². The van der Waals surface area contributed by atoms with Gasteiger partial charge in [-0.1, -0.05) is 6.07 Å². The van der Waals surface area contributed by atoms with E-state index in [1.54, 1.807) is 25.0 Å². The molecule has 1 aromatic heterocycles. The van der Waals surface area contributed by atoms with E-state index in [-0.39, 0.29) is 5.91 Å². The van der Waals surface area contributed by atoms with Gasteiger partial charge in [0.05, 0.1) is 25.6 Å². The smallest absolute Gasteiger partial charge is 0.276 e. The number of benzene rings is 2. The molecule has 2 aromatic carbocycles. The quantitative estimate of drug-likeness (QED) is 0.760. The number of nitrogens with zero attached hydrogens (tertiary/aromatic N) is 2. The zero-order valence-corrected chi connectivity index (χ0v) is 15.2. The van der Waals surface area contributed by atoms with Gasteiger partial charge in [0.15, 0.2) is 5.69 Å². The van der Waals surface area contributed by atoms with E-state index >= 15 is 0 Å². The Bertz CT molecular complexity index is 930. The Morgan fingerprint density at radius 1 is 1.00 bits per heavy atom. The Hall–Kier alpha value is -3.28. The molecule has 0 saturated heterocycles. The molecule has 6 nitrogen and oxygen atoms in total. The van der Waals surface area contributed by atoms with Gasteiger partial charge in [-0.15, -0.1) is 0 Å². The molecule has 1 amide bonds. The minimum atomic E-state index is -0.288. The summed E-state index contributed by atoms with van der Waals surface area (Å²) >= 11 is 0. The summed E-state index contributed by atoms with van der Waals surface area (Å²) in [6.45, 7) is 3.86. The average Bonchev–Trinajstić information content (AvgIpc) is 3.04. The highest BCUT2D eigenvalue weighted by Crippen LogP contribution is 2.26. The molecule has 3 rings (SSSR count). The van der Waals surface area contributed by atoms with Gasteiger partial charge in [0.2, 0.25) is 0 Å². The van der Waals surface area contributed by atoms with Gasteiger partial charge in [-0.3, -0.25) is 4.79 Å². The van der Waals surface area contributed by atoms with Crippen LogP contribution in [0.1, 0.15) is 21.7 Å². The summed E-state index contributed by atoms with van der Waals surface area (Å²) in [6.07, 6.45) is 0. The second-order valence-corrected chi connectivity index (χ2v) is 5.94. The van der Waals surface area contributed by atoms with Gasteiger partial charge in [0, 0.05) is 5.69 Å². The molecule has 3 aromatic rings. The van der Waals surface area contributed by atoms with E-state index in [4.69, 9.17) is 9.47 Å². The summed E-state index contributed by atoms with van der Waals surface area (Å²) in [5.41, 5.74) is 3.70. The van der Waals surface area contributed by atoms with Crippen molar-refractivity contribution in [1.29, 1.82) is 0 Å². The van der Waals surface area contributed by atoms with Crippen molar-refractivity contribution in [2.45, 2.75) is 13.8 Å². The first-order chi connectivity index (χ1) is 12.5. The Labute approximate surface area is 152 Å². The number of anilines is 1. The first-order valence-electron chi connectivity index (χ1n) is 8.19. The monoisotopic (exact) mass is 351 g/mol. The van der Waals surface area contributed by atoms with Gasteiger partial charge in [-0.05, 0) is 61.9 Å². The number of carbonyl (C=O) groups excluding carboxylic acids is 1. The lowest BCUT2D eigenvalue weighted by atomic mass is 10.2. The first-order valence-corrected chi connectivity index (χ1v) is 8.19. The fourth-order valence-corrected chi connectivity index (χ4v) is 2.68. The normalized spacial score (nSPS) is 10.5. The molecule has 1 N–H and O–H groups in total. The van der Waals surface area contributed by atoms with Crippen molar-refractivity contribution >= 4 is 11.6 Å². The zero-order valence-electron chi connectivity index (χ0n) is 15.2. The first kappa shape index (κ1) is 17.5. The van der Waals surface area contributed by atoms with Crippen LogP contribution in [0.25, 0.3) is 5.69 Å². The Kier molecular flexibility index (Phi) is 4.93. The fraction of sp³-hybridized carbons (Fsp3) is 0.200. The number of rotatable bonds is 5. The number of amides is 1. The van der Waals surface area contributed by atoms with Gasteiger partial charge in [0.1, 0.15) is 11.5 Å². The summed E-state index contributed by atoms with van der Waals surface area (Å²) in [5.74, 6) is 1.09. The van der Waals surface area contributed by atoms with Gasteiger partial charge in [-0.25, -0.2) is 4.68 Å². The van der Waals surface area contributed by atoms with Crippen LogP contribution in [0.4, 0.5) is 5.69 Å². The number of aryl methyl sites for hydroxylation is 2. The highest BCUT2D eigenvalue weighted by Gasteiger charge is 2.15. The van der Waals surface area contributed by atoms with Gasteiger partial charge < -0.3 is 14.8 Å². The van der Waals surface area contributed by atoms with Crippen LogP contribution in [0.2, 0.25) is 0 Å². The Morgan fingerprint density at radius 3 is 2.38 bits per heavy atom. The molecule has 0 radical (unpaired) electrons. The second kappa shape index (κ2) is 7.31. The van der Waals surface area contributed by atoms with Gasteiger partial charge in [-0.2, -0.15) is 5.10 Å². The summed E-state index contributed by atoms with van der Waals surface area (Å²) in [6, 6.07) is 14.9. The minimum absolute atomic E-state index is 0.288. The van der Waals surface area contributed by atoms with Crippen molar-refractivity contribution in [3.63, 3.8) is 0 Å². The third kappa shape index (κ3) is 3.54. The molecule has 0 bridgehead atoms. The SMILES string of the molecule is COc1ccc(-n2nc(C(=O)Nc3cc(C)ccc3OC)cc2C)cc1. The standard InChI is InChI=1S/C20H21N3O3/c1-13-5-10-19(26-4)17(11-13)21-20(24)18-12-14(2)23(22-18)15-6-8-16(25-3)9-7-15/h5-12H,1-4H3,(H,21,24). The molecule has 0 fully saturated rings. The molecule has 6 heteroatoms. The number of carbonyl (C=O) groups is 1. The number of nitrogens with one attached hydrogen (secondary N) is 1. The summed E-state index contributed by atoms with van der Waals surface area (Å²) in [7, 11) is 3.19. The van der Waals surface area contributed by atoms with E-state index in [1.807, 2.05) is 56.3 Å². The van der Waals surface area contributed by atoms with Crippen LogP contribution >= 0.6 is 0 Å². The lowest BCUT2D eigenvalue weighted by Gasteiger charge is -2.10.